The van der Waals surface area contributed by atoms with Crippen molar-refractivity contribution in [2.24, 2.45) is 5.10 Å². The van der Waals surface area contributed by atoms with Crippen molar-refractivity contribution in [3.63, 3.8) is 0 Å². The van der Waals surface area contributed by atoms with Crippen LogP contribution in [0.2, 0.25) is 0 Å². The summed E-state index contributed by atoms with van der Waals surface area (Å²) in [7, 11) is 0. The van der Waals surface area contributed by atoms with Crippen molar-refractivity contribution in [3.05, 3.63) is 124 Å². The highest BCUT2D eigenvalue weighted by Crippen LogP contribution is 2.35. The molecule has 0 radical (unpaired) electrons. The summed E-state index contributed by atoms with van der Waals surface area (Å²) >= 11 is 2.92. The fourth-order valence-corrected chi connectivity index (χ4v) is 6.76. The second-order valence-corrected chi connectivity index (χ2v) is 12.7. The zero-order chi connectivity index (χ0) is 31.9. The molecule has 2 aromatic heterocycles. The van der Waals surface area contributed by atoms with E-state index in [1.807, 2.05) is 83.6 Å². The topological polar surface area (TPSA) is 102 Å². The van der Waals surface area contributed by atoms with E-state index in [1.165, 1.54) is 11.8 Å². The van der Waals surface area contributed by atoms with Crippen LogP contribution in [-0.2, 0) is 22.6 Å². The van der Waals surface area contributed by atoms with E-state index in [9.17, 15) is 9.59 Å². The number of nitrogens with one attached hydrogen (secondary N) is 1. The average Bonchev–Trinajstić information content (AvgIpc) is 3.85. The van der Waals surface area contributed by atoms with Gasteiger partial charge in [-0.3, -0.25) is 14.2 Å². The van der Waals surface area contributed by atoms with Gasteiger partial charge in [0.25, 0.3) is 5.91 Å². The maximum absolute atomic E-state index is 13.8. The van der Waals surface area contributed by atoms with Crippen molar-refractivity contribution < 1.29 is 14.3 Å². The summed E-state index contributed by atoms with van der Waals surface area (Å²) in [5.41, 5.74) is 4.84. The van der Waals surface area contributed by atoms with Crippen LogP contribution in [0.25, 0.3) is 5.69 Å². The molecule has 0 saturated heterocycles. The van der Waals surface area contributed by atoms with E-state index in [2.05, 4.69) is 46.7 Å². The van der Waals surface area contributed by atoms with Gasteiger partial charge in [-0.2, -0.15) is 5.10 Å². The highest BCUT2D eigenvalue weighted by molar-refractivity contribution is 7.99. The lowest BCUT2D eigenvalue weighted by Crippen LogP contribution is -2.28. The van der Waals surface area contributed by atoms with Crippen molar-refractivity contribution in [1.82, 2.24) is 25.1 Å². The Labute approximate surface area is 276 Å². The monoisotopic (exact) mass is 650 g/mol. The van der Waals surface area contributed by atoms with Crippen molar-refractivity contribution in [2.75, 3.05) is 12.4 Å². The molecule has 0 spiro atoms. The summed E-state index contributed by atoms with van der Waals surface area (Å²) in [6, 6.07) is 29.3. The number of carbonyl (C=O) groups is 2. The number of benzene rings is 3. The van der Waals surface area contributed by atoms with E-state index < -0.39 is 0 Å². The number of carbonyl (C=O) groups excluding carboxylic acids is 2. The molecule has 11 heteroatoms. The number of hydrogen-bond donors (Lipinski definition) is 1. The van der Waals surface area contributed by atoms with Gasteiger partial charge >= 0.3 is 0 Å². The Hall–Kier alpha value is -4.74. The van der Waals surface area contributed by atoms with Crippen LogP contribution in [0.4, 0.5) is 0 Å². The van der Waals surface area contributed by atoms with Gasteiger partial charge in [0.2, 0.25) is 5.91 Å². The van der Waals surface area contributed by atoms with Crippen LogP contribution < -0.4 is 10.1 Å². The fraction of sp³-hybridized carbons (Fsp3) is 0.229. The van der Waals surface area contributed by atoms with Gasteiger partial charge in [-0.05, 0) is 60.7 Å². The molecule has 0 aliphatic carbocycles. The lowest BCUT2D eigenvalue weighted by Gasteiger charge is -2.22. The number of rotatable bonds is 12. The SMILES string of the molecule is CCOc1ccc(-n2c(CNC(=O)Cc3ccccc3)nnc2SCC(=O)N2N=C(c3cccs3)C[C@H]2c2ccc(C)cc2)cc1. The van der Waals surface area contributed by atoms with Gasteiger partial charge in [0.1, 0.15) is 5.75 Å². The first-order valence-corrected chi connectivity index (χ1v) is 17.0. The van der Waals surface area contributed by atoms with Crippen LogP contribution in [0.15, 0.2) is 107 Å². The van der Waals surface area contributed by atoms with Crippen LogP contribution in [-0.4, -0.2) is 49.7 Å². The normalized spacial score (nSPS) is 14.3. The lowest BCUT2D eigenvalue weighted by atomic mass is 10.00. The van der Waals surface area contributed by atoms with Crippen LogP contribution >= 0.6 is 23.1 Å². The Balaban J connectivity index is 1.22. The van der Waals surface area contributed by atoms with Gasteiger partial charge in [-0.1, -0.05) is 78.0 Å². The van der Waals surface area contributed by atoms with Crippen LogP contribution in [0, 0.1) is 6.92 Å². The van der Waals surface area contributed by atoms with E-state index in [0.717, 1.165) is 38.7 Å². The maximum Gasteiger partial charge on any atom is 0.253 e. The van der Waals surface area contributed by atoms with Gasteiger partial charge < -0.3 is 10.1 Å². The molecule has 1 N–H and O–H groups in total. The van der Waals surface area contributed by atoms with Crippen molar-refractivity contribution >= 4 is 40.6 Å². The number of amides is 2. The molecule has 9 nitrogen and oxygen atoms in total. The largest absolute Gasteiger partial charge is 0.494 e. The van der Waals surface area contributed by atoms with Gasteiger partial charge in [-0.15, -0.1) is 21.5 Å². The number of nitrogens with zero attached hydrogens (tertiary/aromatic N) is 5. The smallest absolute Gasteiger partial charge is 0.253 e. The summed E-state index contributed by atoms with van der Waals surface area (Å²) in [6.07, 6.45) is 0.912. The van der Waals surface area contributed by atoms with Gasteiger partial charge in [-0.25, -0.2) is 5.01 Å². The number of hydrazone groups is 1. The highest BCUT2D eigenvalue weighted by Gasteiger charge is 2.33. The summed E-state index contributed by atoms with van der Waals surface area (Å²) in [4.78, 5) is 27.6. The molecule has 3 heterocycles. The van der Waals surface area contributed by atoms with E-state index in [-0.39, 0.29) is 36.6 Å². The molecular formula is C35H34N6O3S2. The average molecular weight is 651 g/mol. The fourth-order valence-electron chi connectivity index (χ4n) is 5.22. The molecule has 5 aromatic rings. The van der Waals surface area contributed by atoms with Crippen molar-refractivity contribution in [3.8, 4) is 11.4 Å². The lowest BCUT2D eigenvalue weighted by molar-refractivity contribution is -0.130. The predicted octanol–water partition coefficient (Wildman–Crippen LogP) is 6.36. The molecule has 46 heavy (non-hydrogen) atoms. The molecule has 2 amide bonds. The third-order valence-corrected chi connectivity index (χ3v) is 9.35. The molecule has 3 aromatic carbocycles. The van der Waals surface area contributed by atoms with E-state index in [0.29, 0.717) is 24.0 Å². The third kappa shape index (κ3) is 7.38. The van der Waals surface area contributed by atoms with Crippen molar-refractivity contribution in [1.29, 1.82) is 0 Å². The van der Waals surface area contributed by atoms with Gasteiger partial charge in [0.05, 0.1) is 42.0 Å². The van der Waals surface area contributed by atoms with Crippen molar-refractivity contribution in [2.45, 2.75) is 44.4 Å². The quantitative estimate of drug-likeness (QED) is 0.158. The Kier molecular flexibility index (Phi) is 9.90. The summed E-state index contributed by atoms with van der Waals surface area (Å²) in [5, 5.41) is 20.8. The molecule has 234 valence electrons. The van der Waals surface area contributed by atoms with E-state index in [1.54, 1.807) is 16.3 Å². The second-order valence-electron chi connectivity index (χ2n) is 10.8. The highest BCUT2D eigenvalue weighted by atomic mass is 32.2. The molecule has 0 fully saturated rings. The van der Waals surface area contributed by atoms with Gasteiger partial charge in [0.15, 0.2) is 11.0 Å². The number of thioether (sulfide) groups is 1. The van der Waals surface area contributed by atoms with Crippen LogP contribution in [0.1, 0.15) is 46.8 Å². The molecular weight excluding hydrogens is 617 g/mol. The molecule has 6 rings (SSSR count). The predicted molar refractivity (Wildman–Crippen MR) is 181 cm³/mol. The first kappa shape index (κ1) is 31.3. The third-order valence-electron chi connectivity index (χ3n) is 7.52. The van der Waals surface area contributed by atoms with Crippen LogP contribution in [0.5, 0.6) is 5.75 Å². The summed E-state index contributed by atoms with van der Waals surface area (Å²) < 4.78 is 7.51. The Morgan fingerprint density at radius 3 is 2.48 bits per heavy atom. The minimum atomic E-state index is -0.190. The molecule has 1 aliphatic rings. The molecule has 1 aliphatic heterocycles. The number of aromatic nitrogens is 3. The number of hydrogen-bond acceptors (Lipinski definition) is 8. The molecule has 0 saturated carbocycles. The van der Waals surface area contributed by atoms with Crippen LogP contribution in [0.3, 0.4) is 0 Å². The molecule has 0 bridgehead atoms. The second kappa shape index (κ2) is 14.6. The Morgan fingerprint density at radius 2 is 1.76 bits per heavy atom. The maximum atomic E-state index is 13.8. The standard InChI is InChI=1S/C35H34N6O3S2/c1-3-44-28-17-15-27(16-18-28)40-32(22-36-33(42)20-25-8-5-4-6-9-25)37-38-35(40)46-23-34(43)41-30(26-13-11-24(2)12-14-26)21-29(39-41)31-10-7-19-45-31/h4-19,30H,3,20-23H2,1-2H3,(H,36,42)/t30-/m0/s1. The van der Waals surface area contributed by atoms with E-state index in [4.69, 9.17) is 9.84 Å². The Bertz CT molecular complexity index is 1800. The minimum absolute atomic E-state index is 0.110. The summed E-state index contributed by atoms with van der Waals surface area (Å²) in [5.74, 6) is 1.17. The molecule has 0 unspecified atom stereocenters. The minimum Gasteiger partial charge on any atom is -0.494 e. The molecule has 1 atom stereocenters. The first-order chi connectivity index (χ1) is 22.5. The summed E-state index contributed by atoms with van der Waals surface area (Å²) in [6.45, 7) is 4.73. The zero-order valence-electron chi connectivity index (χ0n) is 25.6. The number of thiophene rings is 1. The first-order valence-electron chi connectivity index (χ1n) is 15.1. The Morgan fingerprint density at radius 1 is 0.978 bits per heavy atom. The number of aryl methyl sites for hydroxylation is 1. The van der Waals surface area contributed by atoms with Gasteiger partial charge in [0, 0.05) is 12.1 Å². The number of ether oxygens (including phenoxy) is 1. The zero-order valence-corrected chi connectivity index (χ0v) is 27.3. The van der Waals surface area contributed by atoms with E-state index >= 15 is 0 Å².